The van der Waals surface area contributed by atoms with Gasteiger partial charge in [0, 0.05) is 12.8 Å². The maximum atomic E-state index is 12.7. The summed E-state index contributed by atoms with van der Waals surface area (Å²) in [5.41, 5.74) is 16.1. The average Bonchev–Trinajstić information content (AvgIpc) is 2.83. The average molecular weight is 546 g/mol. The molecule has 0 saturated heterocycles. The van der Waals surface area contributed by atoms with Crippen LogP contribution < -0.4 is 38.5 Å². The van der Waals surface area contributed by atoms with Gasteiger partial charge in [0.05, 0.1) is 6.04 Å². The maximum absolute atomic E-state index is 12.7. The number of primary amides is 1. The molecule has 0 aliphatic carbocycles. The minimum atomic E-state index is -1.48. The molecule has 0 spiro atoms. The minimum Gasteiger partial charge on any atom is -0.481 e. The zero-order valence-corrected chi connectivity index (χ0v) is 21.5. The molecule has 0 aromatic heterocycles. The van der Waals surface area contributed by atoms with Crippen molar-refractivity contribution in [3.8, 4) is 0 Å². The molecule has 0 heterocycles. The highest BCUT2D eigenvalue weighted by molar-refractivity contribution is 5.95. The van der Waals surface area contributed by atoms with Crippen LogP contribution in [0.2, 0.25) is 0 Å². The number of carboxylic acid groups (broad SMARTS) is 2. The van der Waals surface area contributed by atoms with Gasteiger partial charge in [-0.1, -0.05) is 0 Å². The maximum Gasteiger partial charge on any atom is 0.326 e. The fourth-order valence-corrected chi connectivity index (χ4v) is 3.07. The summed E-state index contributed by atoms with van der Waals surface area (Å²) in [6, 6.07) is -5.98. The molecule has 0 saturated carbocycles. The van der Waals surface area contributed by atoms with Crippen LogP contribution >= 0.6 is 0 Å². The van der Waals surface area contributed by atoms with Crippen LogP contribution in [0, 0.1) is 0 Å². The predicted molar refractivity (Wildman–Crippen MR) is 133 cm³/mol. The van der Waals surface area contributed by atoms with E-state index in [4.69, 9.17) is 22.3 Å². The Morgan fingerprint density at radius 2 is 1.21 bits per heavy atom. The van der Waals surface area contributed by atoms with Crippen molar-refractivity contribution in [2.24, 2.45) is 17.2 Å². The zero-order chi connectivity index (χ0) is 29.4. The number of hydrogen-bond acceptors (Lipinski definition) is 9. The molecule has 0 aliphatic heterocycles. The van der Waals surface area contributed by atoms with Gasteiger partial charge in [0.15, 0.2) is 0 Å². The van der Waals surface area contributed by atoms with Gasteiger partial charge in [0.2, 0.25) is 29.5 Å². The number of carboxylic acids is 2. The number of hydrogen-bond donors (Lipinski definition) is 9. The molecule has 5 atom stereocenters. The normalized spacial score (nSPS) is 14.6. The molecular weight excluding hydrogens is 506 g/mol. The van der Waals surface area contributed by atoms with Crippen molar-refractivity contribution in [1.29, 1.82) is 0 Å². The van der Waals surface area contributed by atoms with E-state index in [-0.39, 0.29) is 25.7 Å². The Labute approximate surface area is 219 Å². The predicted octanol–water partition coefficient (Wildman–Crippen LogP) is -3.36. The molecule has 0 unspecified atom stereocenters. The Hall–Kier alpha value is -3.79. The van der Waals surface area contributed by atoms with Crippen molar-refractivity contribution in [2.75, 3.05) is 6.54 Å². The molecule has 12 N–H and O–H groups in total. The van der Waals surface area contributed by atoms with Crippen molar-refractivity contribution >= 4 is 41.5 Å². The summed E-state index contributed by atoms with van der Waals surface area (Å²) >= 11 is 0. The van der Waals surface area contributed by atoms with Crippen LogP contribution in [0.15, 0.2) is 0 Å². The second-order valence-electron chi connectivity index (χ2n) is 8.75. The lowest BCUT2D eigenvalue weighted by molar-refractivity contribution is -0.143. The van der Waals surface area contributed by atoms with E-state index in [1.54, 1.807) is 0 Å². The third-order valence-corrected chi connectivity index (χ3v) is 5.38. The number of nitrogens with two attached hydrogens (primary N) is 3. The number of aliphatic carboxylic acids is 2. The van der Waals surface area contributed by atoms with E-state index in [9.17, 15) is 38.7 Å². The third kappa shape index (κ3) is 14.1. The first-order valence-electron chi connectivity index (χ1n) is 12.1. The van der Waals surface area contributed by atoms with Crippen LogP contribution in [0.3, 0.4) is 0 Å². The van der Waals surface area contributed by atoms with Gasteiger partial charge in [-0.25, -0.2) is 4.79 Å². The van der Waals surface area contributed by atoms with Crippen LogP contribution in [0.4, 0.5) is 0 Å². The van der Waals surface area contributed by atoms with E-state index in [1.807, 2.05) is 0 Å². The summed E-state index contributed by atoms with van der Waals surface area (Å²) in [4.78, 5) is 82.9. The Bertz CT molecular complexity index is 868. The lowest BCUT2D eigenvalue weighted by atomic mass is 10.1. The van der Waals surface area contributed by atoms with E-state index in [0.29, 0.717) is 19.4 Å². The summed E-state index contributed by atoms with van der Waals surface area (Å²) < 4.78 is 0. The van der Waals surface area contributed by atoms with Gasteiger partial charge in [-0.15, -0.1) is 0 Å². The highest BCUT2D eigenvalue weighted by Crippen LogP contribution is 2.05. The number of nitrogens with one attached hydrogen (secondary N) is 4. The monoisotopic (exact) mass is 545 g/mol. The lowest BCUT2D eigenvalue weighted by Crippen LogP contribution is -2.57. The first kappa shape index (κ1) is 34.2. The summed E-state index contributed by atoms with van der Waals surface area (Å²) in [5, 5.41) is 27.5. The molecule has 0 bridgehead atoms. The highest BCUT2D eigenvalue weighted by atomic mass is 16.4. The summed E-state index contributed by atoms with van der Waals surface area (Å²) in [6.45, 7) is 3.01. The first-order valence-corrected chi connectivity index (χ1v) is 12.1. The van der Waals surface area contributed by atoms with Gasteiger partial charge >= 0.3 is 11.9 Å². The second kappa shape index (κ2) is 17.6. The minimum absolute atomic E-state index is 0.0129. The van der Waals surface area contributed by atoms with E-state index < -0.39 is 78.1 Å². The smallest absolute Gasteiger partial charge is 0.326 e. The van der Waals surface area contributed by atoms with Gasteiger partial charge in [-0.3, -0.25) is 28.8 Å². The van der Waals surface area contributed by atoms with E-state index in [0.717, 1.165) is 0 Å². The van der Waals surface area contributed by atoms with E-state index in [2.05, 4.69) is 21.3 Å². The standard InChI is InChI=1S/C22H39N7O9/c1-11(27-20(35)13(24)6-8-16(25)30)18(33)26-12(2)19(34)28-14(5-3-4-10-23)21(36)29-15(22(37)38)7-9-17(31)32/h11-15H,3-10,23-24H2,1-2H3,(H2,25,30)(H,26,33)(H,27,35)(H,28,34)(H,29,36)(H,31,32)(H,37,38)/t11-,12-,13-,14-,15-/m0/s1. The van der Waals surface area contributed by atoms with Crippen molar-refractivity contribution in [1.82, 2.24) is 21.3 Å². The summed E-state index contributed by atoms with van der Waals surface area (Å²) in [7, 11) is 0. The first-order chi connectivity index (χ1) is 17.7. The number of carbonyl (C=O) groups excluding carboxylic acids is 5. The largest absolute Gasteiger partial charge is 0.481 e. The molecule has 0 aromatic rings. The number of amides is 5. The number of unbranched alkanes of at least 4 members (excludes halogenated alkanes) is 1. The van der Waals surface area contributed by atoms with E-state index in [1.165, 1.54) is 13.8 Å². The second-order valence-corrected chi connectivity index (χ2v) is 8.75. The fraction of sp³-hybridized carbons (Fsp3) is 0.682. The van der Waals surface area contributed by atoms with Crippen LogP contribution in [0.25, 0.3) is 0 Å². The zero-order valence-electron chi connectivity index (χ0n) is 21.5. The van der Waals surface area contributed by atoms with Crippen LogP contribution in [-0.2, 0) is 33.6 Å². The molecule has 16 nitrogen and oxygen atoms in total. The van der Waals surface area contributed by atoms with Crippen molar-refractivity contribution in [3.05, 3.63) is 0 Å². The molecule has 16 heteroatoms. The van der Waals surface area contributed by atoms with Gasteiger partial charge in [-0.2, -0.15) is 0 Å². The molecule has 0 aromatic carbocycles. The topological polar surface area (TPSA) is 286 Å². The van der Waals surface area contributed by atoms with Gasteiger partial charge < -0.3 is 48.7 Å². The summed E-state index contributed by atoms with van der Waals surface area (Å²) in [5.74, 6) is -6.32. The third-order valence-electron chi connectivity index (χ3n) is 5.38. The quantitative estimate of drug-likeness (QED) is 0.0722. The Morgan fingerprint density at radius 1 is 0.684 bits per heavy atom. The Kier molecular flexibility index (Phi) is 15.9. The molecule has 0 rings (SSSR count). The van der Waals surface area contributed by atoms with Crippen molar-refractivity contribution in [3.63, 3.8) is 0 Å². The highest BCUT2D eigenvalue weighted by Gasteiger charge is 2.29. The molecular formula is C22H39N7O9. The van der Waals surface area contributed by atoms with Gasteiger partial charge in [0.25, 0.3) is 0 Å². The lowest BCUT2D eigenvalue weighted by Gasteiger charge is -2.24. The molecule has 5 amide bonds. The SMILES string of the molecule is C[C@H](NC(=O)[C@H](C)NC(=O)[C@@H](N)CCC(N)=O)C(=O)N[C@@H](CCCCN)C(=O)N[C@@H](CCC(=O)O)C(=O)O. The van der Waals surface area contributed by atoms with Crippen molar-refractivity contribution < 1.29 is 43.8 Å². The fourth-order valence-electron chi connectivity index (χ4n) is 3.07. The summed E-state index contributed by atoms with van der Waals surface area (Å²) in [6.07, 6.45) is 0.0710. The number of carbonyl (C=O) groups is 7. The van der Waals surface area contributed by atoms with Crippen LogP contribution in [-0.4, -0.2) is 88.4 Å². The molecule has 38 heavy (non-hydrogen) atoms. The van der Waals surface area contributed by atoms with Gasteiger partial charge in [0.1, 0.15) is 24.2 Å². The Balaban J connectivity index is 5.13. The van der Waals surface area contributed by atoms with Crippen LogP contribution in [0.1, 0.15) is 58.8 Å². The molecule has 0 radical (unpaired) electrons. The van der Waals surface area contributed by atoms with Crippen molar-refractivity contribution in [2.45, 2.75) is 89.0 Å². The molecule has 216 valence electrons. The molecule has 0 fully saturated rings. The van der Waals surface area contributed by atoms with Crippen LogP contribution in [0.5, 0.6) is 0 Å². The van der Waals surface area contributed by atoms with Gasteiger partial charge in [-0.05, 0) is 52.5 Å². The Morgan fingerprint density at radius 3 is 1.71 bits per heavy atom. The van der Waals surface area contributed by atoms with E-state index >= 15 is 0 Å². The molecule has 0 aliphatic rings. The number of rotatable bonds is 19.